The molecule has 3 aromatic rings. The van der Waals surface area contributed by atoms with Crippen LogP contribution < -0.4 is 15.5 Å². The van der Waals surface area contributed by atoms with Gasteiger partial charge >= 0.3 is 6.09 Å². The van der Waals surface area contributed by atoms with E-state index in [1.807, 2.05) is 36.4 Å². The highest BCUT2D eigenvalue weighted by atomic mass is 16.6. The Morgan fingerprint density at radius 3 is 2.56 bits per heavy atom. The van der Waals surface area contributed by atoms with Gasteiger partial charge in [0.05, 0.1) is 12.2 Å². The lowest BCUT2D eigenvalue weighted by Crippen LogP contribution is -2.33. The van der Waals surface area contributed by atoms with Crippen molar-refractivity contribution in [2.45, 2.75) is 19.3 Å². The highest BCUT2D eigenvalue weighted by Gasteiger charge is 2.25. The van der Waals surface area contributed by atoms with Crippen molar-refractivity contribution in [2.24, 2.45) is 0 Å². The molecule has 2 heterocycles. The van der Waals surface area contributed by atoms with Crippen LogP contribution in [0.15, 0.2) is 72.9 Å². The third kappa shape index (κ3) is 5.98. The number of hydrogen-bond donors (Lipinski definition) is 2. The molecule has 0 spiro atoms. The molecule has 0 fully saturated rings. The number of amides is 3. The van der Waals surface area contributed by atoms with E-state index in [1.165, 1.54) is 0 Å². The van der Waals surface area contributed by atoms with E-state index in [-0.39, 0.29) is 25.0 Å². The average molecular weight is 459 g/mol. The number of benzene rings is 2. The Bertz CT molecular complexity index is 1150. The van der Waals surface area contributed by atoms with Crippen molar-refractivity contribution < 1.29 is 19.1 Å². The van der Waals surface area contributed by atoms with Crippen molar-refractivity contribution in [1.82, 2.24) is 10.3 Å². The number of aryl methyl sites for hydroxylation is 1. The van der Waals surface area contributed by atoms with Gasteiger partial charge in [0.2, 0.25) is 5.91 Å². The van der Waals surface area contributed by atoms with Crippen LogP contribution in [0.5, 0.6) is 0 Å². The minimum absolute atomic E-state index is 0.116. The number of para-hydroxylation sites is 1. The van der Waals surface area contributed by atoms with Gasteiger partial charge in [-0.15, -0.1) is 0 Å². The molecular formula is C26H26N4O4. The van der Waals surface area contributed by atoms with E-state index in [2.05, 4.69) is 15.6 Å². The quantitative estimate of drug-likeness (QED) is 0.503. The zero-order valence-electron chi connectivity index (χ0n) is 18.7. The first-order valence-corrected chi connectivity index (χ1v) is 11.2. The van der Waals surface area contributed by atoms with Crippen molar-refractivity contribution in [3.8, 4) is 0 Å². The summed E-state index contributed by atoms with van der Waals surface area (Å²) in [4.78, 5) is 42.2. The minimum atomic E-state index is -0.394. The van der Waals surface area contributed by atoms with E-state index in [0.29, 0.717) is 30.8 Å². The summed E-state index contributed by atoms with van der Waals surface area (Å²) >= 11 is 0. The van der Waals surface area contributed by atoms with Crippen LogP contribution in [0.2, 0.25) is 0 Å². The largest absolute Gasteiger partial charge is 0.447 e. The van der Waals surface area contributed by atoms with E-state index in [0.717, 1.165) is 23.2 Å². The van der Waals surface area contributed by atoms with Crippen molar-refractivity contribution in [3.63, 3.8) is 0 Å². The summed E-state index contributed by atoms with van der Waals surface area (Å²) in [5, 5.41) is 5.57. The SMILES string of the molecule is O=C(CCc1ccc(NC(=O)c2ccccn2)cc1)NCCOC(=O)N1CCc2ccccc21. The summed E-state index contributed by atoms with van der Waals surface area (Å²) in [6, 6.07) is 20.3. The zero-order valence-corrected chi connectivity index (χ0v) is 18.7. The van der Waals surface area contributed by atoms with Crippen LogP contribution in [-0.2, 0) is 22.4 Å². The normalized spacial score (nSPS) is 12.1. The number of nitrogens with zero attached hydrogens (tertiary/aromatic N) is 2. The Balaban J connectivity index is 1.13. The summed E-state index contributed by atoms with van der Waals surface area (Å²) < 4.78 is 5.31. The molecule has 174 valence electrons. The minimum Gasteiger partial charge on any atom is -0.447 e. The van der Waals surface area contributed by atoms with Crippen LogP contribution in [-0.4, -0.2) is 42.6 Å². The monoisotopic (exact) mass is 458 g/mol. The number of anilines is 2. The van der Waals surface area contributed by atoms with Gasteiger partial charge in [0.25, 0.3) is 5.91 Å². The number of hydrogen-bond acceptors (Lipinski definition) is 5. The molecule has 8 heteroatoms. The van der Waals surface area contributed by atoms with Gasteiger partial charge in [0.15, 0.2) is 0 Å². The number of rotatable bonds is 8. The number of nitrogens with one attached hydrogen (secondary N) is 2. The molecule has 0 bridgehead atoms. The first-order valence-electron chi connectivity index (χ1n) is 11.2. The summed E-state index contributed by atoms with van der Waals surface area (Å²) in [5.41, 5.74) is 4.01. The van der Waals surface area contributed by atoms with Crippen molar-refractivity contribution in [3.05, 3.63) is 89.7 Å². The maximum atomic E-state index is 12.3. The lowest BCUT2D eigenvalue weighted by atomic mass is 10.1. The van der Waals surface area contributed by atoms with Gasteiger partial charge in [-0.25, -0.2) is 4.79 Å². The topological polar surface area (TPSA) is 101 Å². The summed E-state index contributed by atoms with van der Waals surface area (Å²) in [7, 11) is 0. The number of fused-ring (bicyclic) bond motifs is 1. The number of pyridine rings is 1. The molecule has 1 aliphatic heterocycles. The maximum Gasteiger partial charge on any atom is 0.414 e. The van der Waals surface area contributed by atoms with Crippen molar-refractivity contribution in [1.29, 1.82) is 0 Å². The highest BCUT2D eigenvalue weighted by molar-refractivity contribution is 6.02. The molecule has 34 heavy (non-hydrogen) atoms. The fraction of sp³-hybridized carbons (Fsp3) is 0.231. The van der Waals surface area contributed by atoms with Crippen LogP contribution in [0.25, 0.3) is 0 Å². The smallest absolute Gasteiger partial charge is 0.414 e. The molecule has 0 atom stereocenters. The van der Waals surface area contributed by atoms with Crippen LogP contribution in [0.1, 0.15) is 28.0 Å². The Morgan fingerprint density at radius 2 is 1.76 bits per heavy atom. The maximum absolute atomic E-state index is 12.3. The van der Waals surface area contributed by atoms with E-state index in [4.69, 9.17) is 4.74 Å². The summed E-state index contributed by atoms with van der Waals surface area (Å²) in [5.74, 6) is -0.391. The van der Waals surface area contributed by atoms with Gasteiger partial charge in [0.1, 0.15) is 12.3 Å². The molecule has 0 radical (unpaired) electrons. The second-order valence-corrected chi connectivity index (χ2v) is 7.86. The Kier molecular flexibility index (Phi) is 7.49. The van der Waals surface area contributed by atoms with E-state index in [9.17, 15) is 14.4 Å². The number of carbonyl (C=O) groups is 3. The van der Waals surface area contributed by atoms with Gasteiger partial charge in [-0.05, 0) is 54.3 Å². The van der Waals surface area contributed by atoms with Gasteiger partial charge in [-0.3, -0.25) is 19.5 Å². The zero-order chi connectivity index (χ0) is 23.8. The number of carbonyl (C=O) groups excluding carboxylic acids is 3. The van der Waals surface area contributed by atoms with Gasteiger partial charge in [-0.1, -0.05) is 36.4 Å². The predicted molar refractivity (Wildman–Crippen MR) is 129 cm³/mol. The first kappa shape index (κ1) is 23.0. The van der Waals surface area contributed by atoms with Crippen LogP contribution >= 0.6 is 0 Å². The molecule has 1 aromatic heterocycles. The number of ether oxygens (including phenoxy) is 1. The molecule has 0 saturated carbocycles. The molecule has 0 unspecified atom stereocenters. The highest BCUT2D eigenvalue weighted by Crippen LogP contribution is 2.27. The van der Waals surface area contributed by atoms with Crippen LogP contribution in [0.3, 0.4) is 0 Å². The lowest BCUT2D eigenvalue weighted by molar-refractivity contribution is -0.121. The van der Waals surface area contributed by atoms with Crippen molar-refractivity contribution in [2.75, 3.05) is 29.9 Å². The molecule has 3 amide bonds. The standard InChI is InChI=1S/C26H26N4O4/c31-24(28-16-18-34-26(33)30-17-14-20-5-1-2-7-23(20)30)13-10-19-8-11-21(12-9-19)29-25(32)22-6-3-4-15-27-22/h1-9,11-12,15H,10,13-14,16-18H2,(H,28,31)(H,29,32). The van der Waals surface area contributed by atoms with Gasteiger partial charge < -0.3 is 15.4 Å². The van der Waals surface area contributed by atoms with Gasteiger partial charge in [0, 0.05) is 24.8 Å². The Hall–Kier alpha value is -4.20. The molecule has 2 aromatic carbocycles. The van der Waals surface area contributed by atoms with Crippen LogP contribution in [0.4, 0.5) is 16.2 Å². The van der Waals surface area contributed by atoms with E-state index in [1.54, 1.807) is 41.4 Å². The predicted octanol–water partition coefficient (Wildman–Crippen LogP) is 3.58. The number of aromatic nitrogens is 1. The molecular weight excluding hydrogens is 432 g/mol. The fourth-order valence-electron chi connectivity index (χ4n) is 3.73. The molecule has 0 saturated heterocycles. The summed E-state index contributed by atoms with van der Waals surface area (Å²) in [6.45, 7) is 0.989. The molecule has 8 nitrogen and oxygen atoms in total. The second kappa shape index (κ2) is 11.1. The molecule has 0 aliphatic carbocycles. The van der Waals surface area contributed by atoms with E-state index >= 15 is 0 Å². The first-order chi connectivity index (χ1) is 16.6. The molecule has 4 rings (SSSR count). The average Bonchev–Trinajstić information content (AvgIpc) is 3.31. The third-order valence-corrected chi connectivity index (χ3v) is 5.51. The third-order valence-electron chi connectivity index (χ3n) is 5.51. The lowest BCUT2D eigenvalue weighted by Gasteiger charge is -2.17. The second-order valence-electron chi connectivity index (χ2n) is 7.86. The van der Waals surface area contributed by atoms with Gasteiger partial charge in [-0.2, -0.15) is 0 Å². The van der Waals surface area contributed by atoms with Crippen molar-refractivity contribution >= 4 is 29.3 Å². The fourth-order valence-corrected chi connectivity index (χ4v) is 3.73. The molecule has 2 N–H and O–H groups in total. The Morgan fingerprint density at radius 1 is 0.971 bits per heavy atom. The Labute approximate surface area is 198 Å². The summed E-state index contributed by atoms with van der Waals surface area (Å²) in [6.07, 6.45) is 2.87. The van der Waals surface area contributed by atoms with Crippen LogP contribution in [0, 0.1) is 0 Å². The van der Waals surface area contributed by atoms with E-state index < -0.39 is 6.09 Å². The molecule has 1 aliphatic rings.